The van der Waals surface area contributed by atoms with Crippen molar-refractivity contribution in [3.05, 3.63) is 0 Å². The van der Waals surface area contributed by atoms with Crippen LogP contribution in [-0.2, 0) is 14.3 Å². The Balaban J connectivity index is 2.02. The van der Waals surface area contributed by atoms with E-state index < -0.39 is 36.3 Å². The number of ether oxygens (including phenoxy) is 1. The zero-order valence-corrected chi connectivity index (χ0v) is 8.03. The van der Waals surface area contributed by atoms with E-state index in [0.717, 1.165) is 4.90 Å². The predicted molar refractivity (Wildman–Crippen MR) is 45.4 cm³/mol. The molecule has 0 aromatic heterocycles. The quantitative estimate of drug-likeness (QED) is 0.443. The molecule has 3 aliphatic rings. The summed E-state index contributed by atoms with van der Waals surface area (Å²) < 4.78 is 5.28. The third-order valence-corrected chi connectivity index (χ3v) is 3.66. The number of carbonyl (C=O) groups excluding carboxylic acids is 2. The molecule has 3 aliphatic heterocycles. The lowest BCUT2D eigenvalue weighted by Crippen LogP contribution is -2.47. The van der Waals surface area contributed by atoms with Crippen LogP contribution in [0.25, 0.3) is 0 Å². The highest BCUT2D eigenvalue weighted by molar-refractivity contribution is 6.06. The Kier molecular flexibility index (Phi) is 1.59. The van der Waals surface area contributed by atoms with Gasteiger partial charge in [0.25, 0.3) is 0 Å². The second kappa shape index (κ2) is 2.58. The van der Waals surface area contributed by atoms with E-state index in [1.807, 2.05) is 0 Å². The molecule has 3 fully saturated rings. The van der Waals surface area contributed by atoms with E-state index in [1.54, 1.807) is 0 Å². The highest BCUT2D eigenvalue weighted by atomic mass is 16.6. The summed E-state index contributed by atoms with van der Waals surface area (Å²) in [5.41, 5.74) is 0. The molecule has 2 bridgehead atoms. The van der Waals surface area contributed by atoms with Gasteiger partial charge >= 0.3 is 0 Å². The zero-order valence-electron chi connectivity index (χ0n) is 8.03. The summed E-state index contributed by atoms with van der Waals surface area (Å²) in [5, 5.41) is 19.1. The standard InChI is InChI=1S/C9H11NO5/c1-10-8(13)2-3(9(10)14)7-5(12)4(11)6(2)15-7/h2-7,11-12H,1H3. The summed E-state index contributed by atoms with van der Waals surface area (Å²) in [6, 6.07) is 0. The summed E-state index contributed by atoms with van der Waals surface area (Å²) in [6.07, 6.45) is -3.56. The first-order chi connectivity index (χ1) is 7.04. The van der Waals surface area contributed by atoms with Crippen LogP contribution in [0, 0.1) is 11.8 Å². The average molecular weight is 213 g/mol. The molecule has 82 valence electrons. The van der Waals surface area contributed by atoms with Crippen LogP contribution in [0.15, 0.2) is 0 Å². The van der Waals surface area contributed by atoms with Crippen molar-refractivity contribution in [3.63, 3.8) is 0 Å². The third kappa shape index (κ3) is 0.854. The van der Waals surface area contributed by atoms with Crippen molar-refractivity contribution in [3.8, 4) is 0 Å². The Morgan fingerprint density at radius 2 is 1.47 bits per heavy atom. The van der Waals surface area contributed by atoms with E-state index in [-0.39, 0.29) is 11.8 Å². The van der Waals surface area contributed by atoms with E-state index in [2.05, 4.69) is 0 Å². The molecule has 0 aromatic carbocycles. The minimum atomic E-state index is -1.06. The predicted octanol–water partition coefficient (Wildman–Crippen LogP) is -2.28. The van der Waals surface area contributed by atoms with Crippen molar-refractivity contribution in [1.29, 1.82) is 0 Å². The van der Waals surface area contributed by atoms with Crippen molar-refractivity contribution >= 4 is 11.8 Å². The second-order valence-corrected chi connectivity index (χ2v) is 4.33. The van der Waals surface area contributed by atoms with Gasteiger partial charge in [-0.2, -0.15) is 0 Å². The molecule has 6 heteroatoms. The second-order valence-electron chi connectivity index (χ2n) is 4.33. The molecule has 3 heterocycles. The van der Waals surface area contributed by atoms with Crippen molar-refractivity contribution in [2.75, 3.05) is 7.05 Å². The van der Waals surface area contributed by atoms with E-state index in [9.17, 15) is 19.8 Å². The molecular weight excluding hydrogens is 202 g/mol. The maximum Gasteiger partial charge on any atom is 0.235 e. The van der Waals surface area contributed by atoms with Crippen LogP contribution in [0.4, 0.5) is 0 Å². The van der Waals surface area contributed by atoms with Gasteiger partial charge in [-0.3, -0.25) is 14.5 Å². The normalized spacial score (nSPS) is 52.9. The SMILES string of the molecule is CN1C(=O)C2C3OC(C(O)C3O)C2C1=O. The number of amides is 2. The summed E-state index contributed by atoms with van der Waals surface area (Å²) in [5.74, 6) is -1.84. The zero-order chi connectivity index (χ0) is 10.9. The minimum absolute atomic E-state index is 0.316. The maximum atomic E-state index is 11.7. The summed E-state index contributed by atoms with van der Waals surface area (Å²) >= 11 is 0. The van der Waals surface area contributed by atoms with Crippen LogP contribution in [0.1, 0.15) is 0 Å². The summed E-state index contributed by atoms with van der Waals surface area (Å²) in [4.78, 5) is 24.4. The van der Waals surface area contributed by atoms with Crippen LogP contribution >= 0.6 is 0 Å². The van der Waals surface area contributed by atoms with Crippen molar-refractivity contribution < 1.29 is 24.5 Å². The Morgan fingerprint density at radius 1 is 1.07 bits per heavy atom. The fourth-order valence-corrected chi connectivity index (χ4v) is 2.88. The molecule has 3 saturated heterocycles. The number of likely N-dealkylation sites (tertiary alicyclic amines) is 1. The van der Waals surface area contributed by atoms with E-state index in [4.69, 9.17) is 4.74 Å². The first kappa shape index (κ1) is 9.26. The van der Waals surface area contributed by atoms with Gasteiger partial charge in [0.2, 0.25) is 11.8 Å². The molecule has 0 radical (unpaired) electrons. The van der Waals surface area contributed by atoms with Gasteiger partial charge in [-0.25, -0.2) is 0 Å². The van der Waals surface area contributed by atoms with Crippen LogP contribution in [0.2, 0.25) is 0 Å². The van der Waals surface area contributed by atoms with Crippen molar-refractivity contribution in [2.24, 2.45) is 11.8 Å². The van der Waals surface area contributed by atoms with Gasteiger partial charge in [-0.1, -0.05) is 0 Å². The first-order valence-electron chi connectivity index (χ1n) is 4.87. The average Bonchev–Trinajstić information content (AvgIpc) is 2.79. The third-order valence-electron chi connectivity index (χ3n) is 3.66. The van der Waals surface area contributed by atoms with Crippen LogP contribution in [0.3, 0.4) is 0 Å². The smallest absolute Gasteiger partial charge is 0.235 e. The van der Waals surface area contributed by atoms with Gasteiger partial charge in [0.15, 0.2) is 0 Å². The van der Waals surface area contributed by atoms with Crippen molar-refractivity contribution in [1.82, 2.24) is 4.90 Å². The maximum absolute atomic E-state index is 11.7. The molecule has 6 nitrogen and oxygen atoms in total. The van der Waals surface area contributed by atoms with E-state index >= 15 is 0 Å². The topological polar surface area (TPSA) is 87.1 Å². The molecule has 0 aliphatic carbocycles. The van der Waals surface area contributed by atoms with Crippen LogP contribution in [0.5, 0.6) is 0 Å². The van der Waals surface area contributed by atoms with Gasteiger partial charge in [0.05, 0.1) is 24.0 Å². The number of rotatable bonds is 0. The van der Waals surface area contributed by atoms with Crippen LogP contribution in [-0.4, -0.2) is 58.4 Å². The molecule has 0 spiro atoms. The lowest BCUT2D eigenvalue weighted by Gasteiger charge is -2.25. The lowest BCUT2D eigenvalue weighted by atomic mass is 9.78. The first-order valence-corrected chi connectivity index (χ1v) is 4.87. The van der Waals surface area contributed by atoms with Gasteiger partial charge in [-0.15, -0.1) is 0 Å². The fraction of sp³-hybridized carbons (Fsp3) is 0.778. The number of hydrogen-bond donors (Lipinski definition) is 2. The molecule has 0 aromatic rings. The number of imide groups is 1. The van der Waals surface area contributed by atoms with Crippen LogP contribution < -0.4 is 0 Å². The number of aliphatic hydroxyl groups excluding tert-OH is 2. The number of fused-ring (bicyclic) bond motifs is 5. The lowest BCUT2D eigenvalue weighted by molar-refractivity contribution is -0.141. The van der Waals surface area contributed by atoms with Gasteiger partial charge in [0.1, 0.15) is 12.2 Å². The summed E-state index contributed by atoms with van der Waals surface area (Å²) in [6.45, 7) is 0. The molecule has 6 unspecified atom stereocenters. The molecule has 6 atom stereocenters. The van der Waals surface area contributed by atoms with E-state index in [1.165, 1.54) is 7.05 Å². The Bertz CT molecular complexity index is 324. The molecule has 2 N–H and O–H groups in total. The molecular formula is C9H11NO5. The number of carbonyl (C=O) groups is 2. The molecule has 15 heavy (non-hydrogen) atoms. The molecule has 2 amide bonds. The van der Waals surface area contributed by atoms with Gasteiger partial charge < -0.3 is 14.9 Å². The number of hydrogen-bond acceptors (Lipinski definition) is 5. The minimum Gasteiger partial charge on any atom is -0.388 e. The highest BCUT2D eigenvalue weighted by Crippen LogP contribution is 2.48. The Labute approximate surface area is 85.4 Å². The molecule has 0 saturated carbocycles. The largest absolute Gasteiger partial charge is 0.388 e. The van der Waals surface area contributed by atoms with E-state index in [0.29, 0.717) is 0 Å². The molecule has 3 rings (SSSR count). The highest BCUT2D eigenvalue weighted by Gasteiger charge is 2.68. The number of aliphatic hydroxyl groups is 2. The monoisotopic (exact) mass is 213 g/mol. The van der Waals surface area contributed by atoms with Gasteiger partial charge in [0, 0.05) is 7.05 Å². The Hall–Kier alpha value is -0.980. The van der Waals surface area contributed by atoms with Gasteiger partial charge in [-0.05, 0) is 0 Å². The fourth-order valence-electron chi connectivity index (χ4n) is 2.88. The van der Waals surface area contributed by atoms with Crippen molar-refractivity contribution in [2.45, 2.75) is 24.4 Å². The number of nitrogens with zero attached hydrogens (tertiary/aromatic N) is 1. The summed E-state index contributed by atoms with van der Waals surface area (Å²) in [7, 11) is 1.42. The Morgan fingerprint density at radius 3 is 1.87 bits per heavy atom.